The van der Waals surface area contributed by atoms with Crippen molar-refractivity contribution in [2.75, 3.05) is 21.3 Å². The molecule has 0 aliphatic carbocycles. The van der Waals surface area contributed by atoms with E-state index in [1.807, 2.05) is 37.4 Å². The smallest absolute Gasteiger partial charge is 0.126 e. The average Bonchev–Trinajstić information content (AvgIpc) is 2.53. The van der Waals surface area contributed by atoms with Gasteiger partial charge in [-0.1, -0.05) is 18.2 Å². The lowest BCUT2D eigenvalue weighted by molar-refractivity contribution is 0.414. The van der Waals surface area contributed by atoms with Gasteiger partial charge in [-0.05, 0) is 49.4 Å². The monoisotopic (exact) mass is 271 g/mol. The fourth-order valence-electron chi connectivity index (χ4n) is 2.16. The first-order valence-corrected chi connectivity index (χ1v) is 6.69. The summed E-state index contributed by atoms with van der Waals surface area (Å²) in [6, 6.07) is 14.6. The number of hydrogen-bond donors (Lipinski definition) is 1. The SMILES string of the molecule is CNC(C)c1ccc(OC)c(-c2ccc(OC)cc2)c1. The molecule has 106 valence electrons. The fourth-order valence-corrected chi connectivity index (χ4v) is 2.16. The summed E-state index contributed by atoms with van der Waals surface area (Å²) in [6.07, 6.45) is 0. The van der Waals surface area contributed by atoms with Gasteiger partial charge < -0.3 is 14.8 Å². The maximum absolute atomic E-state index is 5.47. The molecule has 0 aromatic heterocycles. The van der Waals surface area contributed by atoms with E-state index in [4.69, 9.17) is 9.47 Å². The Morgan fingerprint density at radius 1 is 0.950 bits per heavy atom. The molecule has 0 spiro atoms. The highest BCUT2D eigenvalue weighted by atomic mass is 16.5. The van der Waals surface area contributed by atoms with Gasteiger partial charge in [0, 0.05) is 11.6 Å². The fraction of sp³-hybridized carbons (Fsp3) is 0.294. The maximum atomic E-state index is 5.47. The third-order valence-electron chi connectivity index (χ3n) is 3.56. The van der Waals surface area contributed by atoms with Gasteiger partial charge in [0.25, 0.3) is 0 Å². The minimum atomic E-state index is 0.304. The average molecular weight is 271 g/mol. The topological polar surface area (TPSA) is 30.5 Å². The van der Waals surface area contributed by atoms with Gasteiger partial charge >= 0.3 is 0 Å². The second-order valence-corrected chi connectivity index (χ2v) is 4.70. The summed E-state index contributed by atoms with van der Waals surface area (Å²) < 4.78 is 10.7. The van der Waals surface area contributed by atoms with E-state index in [1.165, 1.54) is 5.56 Å². The number of benzene rings is 2. The molecule has 2 rings (SSSR count). The maximum Gasteiger partial charge on any atom is 0.126 e. The highest BCUT2D eigenvalue weighted by Gasteiger charge is 2.10. The van der Waals surface area contributed by atoms with Crippen LogP contribution in [0.15, 0.2) is 42.5 Å². The molecule has 0 saturated carbocycles. The minimum absolute atomic E-state index is 0.304. The van der Waals surface area contributed by atoms with Crippen molar-refractivity contribution in [1.82, 2.24) is 5.32 Å². The summed E-state index contributed by atoms with van der Waals surface area (Å²) in [4.78, 5) is 0. The first kappa shape index (κ1) is 14.4. The third-order valence-corrected chi connectivity index (χ3v) is 3.56. The van der Waals surface area contributed by atoms with Gasteiger partial charge in [-0.15, -0.1) is 0 Å². The number of ether oxygens (including phenoxy) is 2. The molecule has 0 heterocycles. The van der Waals surface area contributed by atoms with Crippen molar-refractivity contribution in [3.05, 3.63) is 48.0 Å². The molecule has 0 bridgehead atoms. The lowest BCUT2D eigenvalue weighted by Gasteiger charge is -2.15. The van der Waals surface area contributed by atoms with Crippen LogP contribution in [0.5, 0.6) is 11.5 Å². The Hall–Kier alpha value is -2.00. The normalized spacial score (nSPS) is 12.0. The van der Waals surface area contributed by atoms with Crippen molar-refractivity contribution in [1.29, 1.82) is 0 Å². The first-order chi connectivity index (χ1) is 9.69. The zero-order valence-electron chi connectivity index (χ0n) is 12.4. The van der Waals surface area contributed by atoms with Crippen molar-refractivity contribution in [3.63, 3.8) is 0 Å². The van der Waals surface area contributed by atoms with E-state index in [1.54, 1.807) is 14.2 Å². The van der Waals surface area contributed by atoms with Crippen LogP contribution >= 0.6 is 0 Å². The van der Waals surface area contributed by atoms with E-state index in [0.717, 1.165) is 22.6 Å². The summed E-state index contributed by atoms with van der Waals surface area (Å²) in [5.74, 6) is 1.73. The molecule has 0 radical (unpaired) electrons. The summed E-state index contributed by atoms with van der Waals surface area (Å²) in [5.41, 5.74) is 3.45. The van der Waals surface area contributed by atoms with Gasteiger partial charge in [0.2, 0.25) is 0 Å². The minimum Gasteiger partial charge on any atom is -0.497 e. The predicted octanol–water partition coefficient (Wildman–Crippen LogP) is 3.65. The summed E-state index contributed by atoms with van der Waals surface area (Å²) in [5, 5.41) is 3.25. The molecule has 20 heavy (non-hydrogen) atoms. The van der Waals surface area contributed by atoms with Crippen LogP contribution in [-0.2, 0) is 0 Å². The molecule has 1 unspecified atom stereocenters. The summed E-state index contributed by atoms with van der Waals surface area (Å²) in [7, 11) is 5.33. The Morgan fingerprint density at radius 2 is 1.65 bits per heavy atom. The van der Waals surface area contributed by atoms with Crippen molar-refractivity contribution >= 4 is 0 Å². The van der Waals surface area contributed by atoms with Gasteiger partial charge in [-0.25, -0.2) is 0 Å². The number of methoxy groups -OCH3 is 2. The summed E-state index contributed by atoms with van der Waals surface area (Å²) >= 11 is 0. The van der Waals surface area contributed by atoms with Crippen LogP contribution in [0.4, 0.5) is 0 Å². The van der Waals surface area contributed by atoms with E-state index >= 15 is 0 Å². The Labute approximate surface area is 120 Å². The molecule has 0 aliphatic rings. The van der Waals surface area contributed by atoms with Crippen molar-refractivity contribution < 1.29 is 9.47 Å². The van der Waals surface area contributed by atoms with Crippen molar-refractivity contribution in [3.8, 4) is 22.6 Å². The van der Waals surface area contributed by atoms with Crippen LogP contribution in [0, 0.1) is 0 Å². The van der Waals surface area contributed by atoms with E-state index in [9.17, 15) is 0 Å². The number of hydrogen-bond acceptors (Lipinski definition) is 3. The highest BCUT2D eigenvalue weighted by Crippen LogP contribution is 2.33. The van der Waals surface area contributed by atoms with E-state index < -0.39 is 0 Å². The van der Waals surface area contributed by atoms with E-state index in [2.05, 4.69) is 24.4 Å². The van der Waals surface area contributed by atoms with Crippen molar-refractivity contribution in [2.45, 2.75) is 13.0 Å². The van der Waals surface area contributed by atoms with Crippen LogP contribution in [0.3, 0.4) is 0 Å². The number of rotatable bonds is 5. The largest absolute Gasteiger partial charge is 0.497 e. The van der Waals surface area contributed by atoms with Crippen LogP contribution in [0.25, 0.3) is 11.1 Å². The Bertz CT molecular complexity index is 564. The van der Waals surface area contributed by atoms with E-state index in [0.29, 0.717) is 6.04 Å². The molecule has 0 amide bonds. The quantitative estimate of drug-likeness (QED) is 0.900. The van der Waals surface area contributed by atoms with Gasteiger partial charge in [0.15, 0.2) is 0 Å². The zero-order chi connectivity index (χ0) is 14.5. The standard InChI is InChI=1S/C17H21NO2/c1-12(18-2)14-7-10-17(20-4)16(11-14)13-5-8-15(19-3)9-6-13/h5-12,18H,1-4H3. The predicted molar refractivity (Wildman–Crippen MR) is 82.5 cm³/mol. The first-order valence-electron chi connectivity index (χ1n) is 6.69. The molecule has 0 fully saturated rings. The Balaban J connectivity index is 2.46. The lowest BCUT2D eigenvalue weighted by atomic mass is 9.99. The Kier molecular flexibility index (Phi) is 4.64. The van der Waals surface area contributed by atoms with Crippen LogP contribution < -0.4 is 14.8 Å². The van der Waals surface area contributed by atoms with Gasteiger partial charge in [-0.2, -0.15) is 0 Å². The van der Waals surface area contributed by atoms with Crippen LogP contribution in [0.2, 0.25) is 0 Å². The summed E-state index contributed by atoms with van der Waals surface area (Å²) in [6.45, 7) is 2.14. The molecule has 0 aliphatic heterocycles. The second-order valence-electron chi connectivity index (χ2n) is 4.70. The molecule has 2 aromatic carbocycles. The van der Waals surface area contributed by atoms with Crippen molar-refractivity contribution in [2.24, 2.45) is 0 Å². The number of nitrogens with one attached hydrogen (secondary N) is 1. The molecule has 1 N–H and O–H groups in total. The molecular weight excluding hydrogens is 250 g/mol. The molecule has 2 aromatic rings. The zero-order valence-corrected chi connectivity index (χ0v) is 12.4. The molecular formula is C17H21NO2. The molecule has 0 saturated heterocycles. The second kappa shape index (κ2) is 6.44. The van der Waals surface area contributed by atoms with Gasteiger partial charge in [-0.3, -0.25) is 0 Å². The van der Waals surface area contributed by atoms with E-state index in [-0.39, 0.29) is 0 Å². The molecule has 1 atom stereocenters. The third kappa shape index (κ3) is 2.94. The molecule has 3 nitrogen and oxygen atoms in total. The van der Waals surface area contributed by atoms with Crippen LogP contribution in [-0.4, -0.2) is 21.3 Å². The van der Waals surface area contributed by atoms with Gasteiger partial charge in [0.05, 0.1) is 14.2 Å². The Morgan fingerprint density at radius 3 is 2.20 bits per heavy atom. The molecule has 3 heteroatoms. The van der Waals surface area contributed by atoms with Gasteiger partial charge in [0.1, 0.15) is 11.5 Å². The lowest BCUT2D eigenvalue weighted by Crippen LogP contribution is -2.12. The van der Waals surface area contributed by atoms with Crippen LogP contribution in [0.1, 0.15) is 18.5 Å². The highest BCUT2D eigenvalue weighted by molar-refractivity contribution is 5.71.